The van der Waals surface area contributed by atoms with E-state index in [0.717, 1.165) is 21.3 Å². The zero-order chi connectivity index (χ0) is 28.9. The van der Waals surface area contributed by atoms with E-state index in [1.807, 2.05) is 24.3 Å². The number of hydrogen-bond acceptors (Lipinski definition) is 7. The predicted molar refractivity (Wildman–Crippen MR) is 157 cm³/mol. The number of rotatable bonds is 9. The number of halogens is 2. The molecule has 5 rings (SSSR count). The number of amides is 2. The molecule has 0 radical (unpaired) electrons. The van der Waals surface area contributed by atoms with Crippen molar-refractivity contribution in [1.82, 2.24) is 25.1 Å². The van der Waals surface area contributed by atoms with Gasteiger partial charge in [0.1, 0.15) is 11.6 Å². The van der Waals surface area contributed by atoms with Gasteiger partial charge in [-0.05, 0) is 53.6 Å². The van der Waals surface area contributed by atoms with Gasteiger partial charge in [0.2, 0.25) is 0 Å². The lowest BCUT2D eigenvalue weighted by Crippen LogP contribution is -2.28. The van der Waals surface area contributed by atoms with E-state index in [-0.39, 0.29) is 36.0 Å². The van der Waals surface area contributed by atoms with Gasteiger partial charge >= 0.3 is 0 Å². The zero-order valence-corrected chi connectivity index (χ0v) is 24.7. The summed E-state index contributed by atoms with van der Waals surface area (Å²) in [6.07, 6.45) is 0.505. The fourth-order valence-electron chi connectivity index (χ4n) is 4.34. The van der Waals surface area contributed by atoms with Gasteiger partial charge < -0.3 is 14.6 Å². The number of methoxy groups -OCH3 is 1. The van der Waals surface area contributed by atoms with Crippen LogP contribution in [0.4, 0.5) is 4.39 Å². The maximum Gasteiger partial charge on any atom is 0.253 e. The molecular formula is C29H26BrFN6O3S. The van der Waals surface area contributed by atoms with Crippen molar-refractivity contribution in [3.63, 3.8) is 0 Å². The van der Waals surface area contributed by atoms with Crippen molar-refractivity contribution in [1.29, 1.82) is 0 Å². The summed E-state index contributed by atoms with van der Waals surface area (Å²) in [5.74, 6) is 0.373. The van der Waals surface area contributed by atoms with E-state index in [0.29, 0.717) is 28.7 Å². The molecule has 0 fully saturated rings. The van der Waals surface area contributed by atoms with Crippen LogP contribution in [0.2, 0.25) is 0 Å². The molecule has 1 aliphatic rings. The molecule has 0 bridgehead atoms. The Morgan fingerprint density at radius 2 is 1.85 bits per heavy atom. The van der Waals surface area contributed by atoms with Gasteiger partial charge in [0.15, 0.2) is 11.0 Å². The van der Waals surface area contributed by atoms with Gasteiger partial charge in [-0.25, -0.2) is 9.40 Å². The third kappa shape index (κ3) is 6.66. The molecule has 4 aromatic rings. The smallest absolute Gasteiger partial charge is 0.253 e. The van der Waals surface area contributed by atoms with Gasteiger partial charge in [0, 0.05) is 23.5 Å². The van der Waals surface area contributed by atoms with Crippen molar-refractivity contribution in [2.75, 3.05) is 12.9 Å². The molecule has 12 heteroatoms. The summed E-state index contributed by atoms with van der Waals surface area (Å²) in [7, 11) is 3.32. The van der Waals surface area contributed by atoms with E-state index in [1.54, 1.807) is 55.1 Å². The summed E-state index contributed by atoms with van der Waals surface area (Å²) in [6, 6.07) is 20.4. The number of benzene rings is 3. The summed E-state index contributed by atoms with van der Waals surface area (Å²) >= 11 is 4.68. The first-order valence-electron chi connectivity index (χ1n) is 12.7. The van der Waals surface area contributed by atoms with Crippen molar-refractivity contribution in [3.05, 3.63) is 106 Å². The number of thioether (sulfide) groups is 1. The summed E-state index contributed by atoms with van der Waals surface area (Å²) in [6.45, 7) is 0.160. The second-order valence-electron chi connectivity index (χ2n) is 9.22. The summed E-state index contributed by atoms with van der Waals surface area (Å²) in [4.78, 5) is 26.0. The van der Waals surface area contributed by atoms with Crippen molar-refractivity contribution in [3.8, 4) is 5.75 Å². The van der Waals surface area contributed by atoms with Gasteiger partial charge in [0.05, 0.1) is 31.2 Å². The minimum absolute atomic E-state index is 0.0664. The normalized spacial score (nSPS) is 14.6. The fraction of sp³-hybridized carbons (Fsp3) is 0.207. The van der Waals surface area contributed by atoms with Crippen molar-refractivity contribution in [2.24, 2.45) is 12.1 Å². The van der Waals surface area contributed by atoms with E-state index < -0.39 is 0 Å². The van der Waals surface area contributed by atoms with E-state index in [1.165, 1.54) is 28.9 Å². The van der Waals surface area contributed by atoms with Gasteiger partial charge in [-0.1, -0.05) is 58.0 Å². The highest BCUT2D eigenvalue weighted by Gasteiger charge is 2.33. The second kappa shape index (κ2) is 12.6. The average molecular weight is 638 g/mol. The molecule has 2 heterocycles. The minimum Gasteiger partial charge on any atom is -0.497 e. The molecule has 1 aliphatic heterocycles. The SMILES string of the molecule is COc1cccc(C(=O)NCc2nnc(SCC(=O)N3N=C(c4ccc(Br)cc4)CC3c3ccc(F)cc3)n2C)c1. The third-order valence-corrected chi connectivity index (χ3v) is 8.12. The Kier molecular flexibility index (Phi) is 8.79. The Hall–Kier alpha value is -4.03. The Bertz CT molecular complexity index is 1590. The van der Waals surface area contributed by atoms with E-state index in [9.17, 15) is 14.0 Å². The van der Waals surface area contributed by atoms with Gasteiger partial charge in [0.25, 0.3) is 11.8 Å². The molecule has 0 saturated heterocycles. The number of nitrogens with one attached hydrogen (secondary N) is 1. The number of aromatic nitrogens is 3. The molecule has 0 saturated carbocycles. The van der Waals surface area contributed by atoms with Crippen LogP contribution in [0.1, 0.15) is 39.8 Å². The molecule has 2 amide bonds. The highest BCUT2D eigenvalue weighted by molar-refractivity contribution is 9.10. The third-order valence-electron chi connectivity index (χ3n) is 6.59. The Morgan fingerprint density at radius 3 is 2.59 bits per heavy atom. The molecule has 41 heavy (non-hydrogen) atoms. The number of hydrazone groups is 1. The van der Waals surface area contributed by atoms with Crippen LogP contribution in [0.25, 0.3) is 0 Å². The maximum absolute atomic E-state index is 13.6. The monoisotopic (exact) mass is 636 g/mol. The van der Waals surface area contributed by atoms with Crippen molar-refractivity contribution < 1.29 is 18.7 Å². The van der Waals surface area contributed by atoms with Crippen molar-refractivity contribution in [2.45, 2.75) is 24.2 Å². The molecular weight excluding hydrogens is 611 g/mol. The molecule has 1 atom stereocenters. The van der Waals surface area contributed by atoms with Gasteiger partial charge in [-0.3, -0.25) is 9.59 Å². The van der Waals surface area contributed by atoms with Crippen LogP contribution in [0.5, 0.6) is 5.75 Å². The first-order valence-corrected chi connectivity index (χ1v) is 14.4. The molecule has 1 aromatic heterocycles. The number of ether oxygens (including phenoxy) is 1. The standard InChI is InChI=1S/C29H26BrFN6O3S/c1-36-26(16-32-28(39)20-4-3-5-23(14-20)40-2)33-34-29(36)41-17-27(38)37-25(19-8-12-22(31)13-9-19)15-24(35-37)18-6-10-21(30)11-7-18/h3-14,25H,15-17H2,1-2H3,(H,32,39). The van der Waals surface area contributed by atoms with Gasteiger partial charge in [-0.15, -0.1) is 10.2 Å². The molecule has 210 valence electrons. The Morgan fingerprint density at radius 1 is 1.10 bits per heavy atom. The summed E-state index contributed by atoms with van der Waals surface area (Å²) in [5, 5.41) is 17.9. The first-order chi connectivity index (χ1) is 19.8. The highest BCUT2D eigenvalue weighted by Crippen LogP contribution is 2.34. The lowest BCUT2D eigenvalue weighted by atomic mass is 9.98. The topological polar surface area (TPSA) is 102 Å². The second-order valence-corrected chi connectivity index (χ2v) is 11.1. The Balaban J connectivity index is 1.26. The molecule has 3 aromatic carbocycles. The maximum atomic E-state index is 13.6. The van der Waals surface area contributed by atoms with E-state index in [2.05, 4.69) is 36.5 Å². The number of carbonyl (C=O) groups is 2. The lowest BCUT2D eigenvalue weighted by Gasteiger charge is -2.22. The quantitative estimate of drug-likeness (QED) is 0.256. The van der Waals surface area contributed by atoms with Crippen LogP contribution >= 0.6 is 27.7 Å². The molecule has 0 spiro atoms. The van der Waals surface area contributed by atoms with Crippen LogP contribution in [0.15, 0.2) is 87.5 Å². The lowest BCUT2D eigenvalue weighted by molar-refractivity contribution is -0.130. The number of hydrogen-bond donors (Lipinski definition) is 1. The van der Waals surface area contributed by atoms with Crippen LogP contribution < -0.4 is 10.1 Å². The highest BCUT2D eigenvalue weighted by atomic mass is 79.9. The predicted octanol–water partition coefficient (Wildman–Crippen LogP) is 5.13. The molecule has 1 N–H and O–H groups in total. The molecule has 0 aliphatic carbocycles. The minimum atomic E-state index is -0.357. The van der Waals surface area contributed by atoms with Crippen molar-refractivity contribution >= 4 is 45.2 Å². The average Bonchev–Trinajstić information content (AvgIpc) is 3.59. The van der Waals surface area contributed by atoms with E-state index >= 15 is 0 Å². The first kappa shape index (κ1) is 28.5. The van der Waals surface area contributed by atoms with Crippen LogP contribution in [-0.2, 0) is 18.4 Å². The fourth-order valence-corrected chi connectivity index (χ4v) is 5.39. The van der Waals surface area contributed by atoms with Crippen LogP contribution in [-0.4, -0.2) is 50.2 Å². The number of carbonyl (C=O) groups excluding carboxylic acids is 2. The molecule has 9 nitrogen and oxygen atoms in total. The number of nitrogens with zero attached hydrogens (tertiary/aromatic N) is 5. The summed E-state index contributed by atoms with van der Waals surface area (Å²) in [5.41, 5.74) is 2.96. The van der Waals surface area contributed by atoms with Crippen LogP contribution in [0, 0.1) is 5.82 Å². The largest absolute Gasteiger partial charge is 0.497 e. The van der Waals surface area contributed by atoms with E-state index in [4.69, 9.17) is 4.74 Å². The van der Waals surface area contributed by atoms with Crippen LogP contribution in [0.3, 0.4) is 0 Å². The molecule has 1 unspecified atom stereocenters. The van der Waals surface area contributed by atoms with Gasteiger partial charge in [-0.2, -0.15) is 5.10 Å². The Labute approximate surface area is 248 Å². The zero-order valence-electron chi connectivity index (χ0n) is 22.3. The summed E-state index contributed by atoms with van der Waals surface area (Å²) < 4.78 is 21.5.